The van der Waals surface area contributed by atoms with Crippen molar-refractivity contribution < 1.29 is 9.47 Å². The molecule has 0 amide bonds. The van der Waals surface area contributed by atoms with Gasteiger partial charge in [0.1, 0.15) is 0 Å². The molecule has 2 aromatic rings. The molecule has 3 nitrogen and oxygen atoms in total. The molecular weight excluding hydrogens is 342 g/mol. The molecule has 0 aromatic heterocycles. The second-order valence-electron chi connectivity index (χ2n) is 4.91. The first kappa shape index (κ1) is 16.7. The van der Waals surface area contributed by atoms with Gasteiger partial charge in [-0.15, -0.1) is 0 Å². The number of para-hydroxylation sites is 1. The van der Waals surface area contributed by atoms with Crippen molar-refractivity contribution in [1.29, 1.82) is 0 Å². The molecule has 0 aliphatic carbocycles. The molecule has 22 heavy (non-hydrogen) atoms. The molecule has 0 radical (unpaired) electrons. The summed E-state index contributed by atoms with van der Waals surface area (Å²) in [6, 6.07) is 14.3. The molecule has 0 atom stereocenters. The fourth-order valence-corrected chi connectivity index (χ4v) is 2.69. The molecule has 0 fully saturated rings. The van der Waals surface area contributed by atoms with Gasteiger partial charge in [-0.2, -0.15) is 0 Å². The van der Waals surface area contributed by atoms with Gasteiger partial charge in [0.15, 0.2) is 11.5 Å². The van der Waals surface area contributed by atoms with E-state index in [1.165, 1.54) is 0 Å². The van der Waals surface area contributed by atoms with Gasteiger partial charge < -0.3 is 14.8 Å². The molecule has 1 N–H and O–H groups in total. The van der Waals surface area contributed by atoms with Crippen LogP contribution in [0.3, 0.4) is 0 Å². The molecule has 0 spiro atoms. The third-order valence-electron chi connectivity index (χ3n) is 3.09. The number of halogens is 1. The minimum absolute atomic E-state index is 0.616. The summed E-state index contributed by atoms with van der Waals surface area (Å²) in [5.41, 5.74) is 2.24. The Labute approximate surface area is 140 Å². The van der Waals surface area contributed by atoms with Crippen molar-refractivity contribution >= 4 is 21.6 Å². The summed E-state index contributed by atoms with van der Waals surface area (Å²) in [7, 11) is 0. The van der Waals surface area contributed by atoms with Crippen LogP contribution < -0.4 is 14.8 Å². The van der Waals surface area contributed by atoms with E-state index < -0.39 is 0 Å². The number of rotatable bonds is 8. The summed E-state index contributed by atoms with van der Waals surface area (Å²) in [6.07, 6.45) is 0.968. The highest BCUT2D eigenvalue weighted by molar-refractivity contribution is 9.10. The van der Waals surface area contributed by atoms with Gasteiger partial charge >= 0.3 is 0 Å². The van der Waals surface area contributed by atoms with E-state index in [0.29, 0.717) is 13.2 Å². The molecule has 0 saturated carbocycles. The Kier molecular flexibility index (Phi) is 6.59. The molecular formula is C18H22BrNO2. The highest BCUT2D eigenvalue weighted by atomic mass is 79.9. The van der Waals surface area contributed by atoms with Crippen LogP contribution in [0.25, 0.3) is 0 Å². The minimum atomic E-state index is 0.616. The van der Waals surface area contributed by atoms with Crippen molar-refractivity contribution in [2.75, 3.05) is 18.5 Å². The van der Waals surface area contributed by atoms with E-state index in [1.807, 2.05) is 31.2 Å². The Morgan fingerprint density at radius 3 is 2.50 bits per heavy atom. The number of hydrogen-bond donors (Lipinski definition) is 1. The third-order valence-corrected chi connectivity index (χ3v) is 3.68. The van der Waals surface area contributed by atoms with Crippen molar-refractivity contribution in [2.45, 2.75) is 26.8 Å². The number of hydrogen-bond acceptors (Lipinski definition) is 3. The van der Waals surface area contributed by atoms with Crippen LogP contribution in [0, 0.1) is 0 Å². The van der Waals surface area contributed by atoms with Crippen LogP contribution in [0.5, 0.6) is 11.5 Å². The highest BCUT2D eigenvalue weighted by Gasteiger charge is 2.12. The van der Waals surface area contributed by atoms with Crippen LogP contribution in [0.2, 0.25) is 0 Å². The summed E-state index contributed by atoms with van der Waals surface area (Å²) >= 11 is 3.59. The molecule has 0 saturated heterocycles. The summed E-state index contributed by atoms with van der Waals surface area (Å²) in [4.78, 5) is 0. The Balaban J connectivity index is 2.14. The second kappa shape index (κ2) is 8.69. The molecule has 2 aromatic carbocycles. The van der Waals surface area contributed by atoms with Crippen molar-refractivity contribution in [3.05, 3.63) is 52.5 Å². The summed E-state index contributed by atoms with van der Waals surface area (Å²) in [5, 5.41) is 3.40. The Morgan fingerprint density at radius 2 is 1.82 bits per heavy atom. The van der Waals surface area contributed by atoms with E-state index in [4.69, 9.17) is 9.47 Å². The summed E-state index contributed by atoms with van der Waals surface area (Å²) < 4.78 is 12.4. The zero-order chi connectivity index (χ0) is 15.8. The van der Waals surface area contributed by atoms with Gasteiger partial charge in [-0.05, 0) is 59.1 Å². The quantitative estimate of drug-likeness (QED) is 0.694. The van der Waals surface area contributed by atoms with Gasteiger partial charge in [-0.1, -0.05) is 25.1 Å². The summed E-state index contributed by atoms with van der Waals surface area (Å²) in [5.74, 6) is 1.57. The second-order valence-corrected chi connectivity index (χ2v) is 5.76. The van der Waals surface area contributed by atoms with Crippen LogP contribution in [0.4, 0.5) is 5.69 Å². The van der Waals surface area contributed by atoms with Gasteiger partial charge in [0.25, 0.3) is 0 Å². The lowest BCUT2D eigenvalue weighted by molar-refractivity contribution is 0.275. The molecule has 118 valence electrons. The number of ether oxygens (including phenoxy) is 2. The molecule has 0 bridgehead atoms. The predicted octanol–water partition coefficient (Wildman–Crippen LogP) is 5.25. The molecule has 2 rings (SSSR count). The Hall–Kier alpha value is -1.68. The van der Waals surface area contributed by atoms with Crippen LogP contribution in [0.15, 0.2) is 46.9 Å². The number of nitrogens with one attached hydrogen (secondary N) is 1. The fourth-order valence-electron chi connectivity index (χ4n) is 2.09. The van der Waals surface area contributed by atoms with E-state index in [9.17, 15) is 0 Å². The van der Waals surface area contributed by atoms with Crippen molar-refractivity contribution in [1.82, 2.24) is 0 Å². The molecule has 0 aliphatic heterocycles. The zero-order valence-electron chi connectivity index (χ0n) is 13.1. The van der Waals surface area contributed by atoms with Gasteiger partial charge in [0, 0.05) is 12.2 Å². The maximum absolute atomic E-state index is 5.80. The lowest BCUT2D eigenvalue weighted by Crippen LogP contribution is -2.04. The molecule has 4 heteroatoms. The first-order valence-electron chi connectivity index (χ1n) is 7.61. The van der Waals surface area contributed by atoms with Crippen LogP contribution in [-0.4, -0.2) is 13.2 Å². The number of benzene rings is 2. The van der Waals surface area contributed by atoms with E-state index in [0.717, 1.165) is 40.2 Å². The Morgan fingerprint density at radius 1 is 1.05 bits per heavy atom. The minimum Gasteiger partial charge on any atom is -0.490 e. The number of anilines is 1. The van der Waals surface area contributed by atoms with E-state index >= 15 is 0 Å². The van der Waals surface area contributed by atoms with Gasteiger partial charge in [0.2, 0.25) is 0 Å². The smallest absolute Gasteiger partial charge is 0.175 e. The average Bonchev–Trinajstić information content (AvgIpc) is 2.53. The molecule has 0 heterocycles. The van der Waals surface area contributed by atoms with Gasteiger partial charge in [-0.3, -0.25) is 0 Å². The maximum atomic E-state index is 5.80. The maximum Gasteiger partial charge on any atom is 0.175 e. The third kappa shape index (κ3) is 4.67. The normalized spacial score (nSPS) is 10.3. The van der Waals surface area contributed by atoms with Gasteiger partial charge in [0.05, 0.1) is 17.7 Å². The van der Waals surface area contributed by atoms with Gasteiger partial charge in [-0.25, -0.2) is 0 Å². The summed E-state index contributed by atoms with van der Waals surface area (Å²) in [6.45, 7) is 6.10. The largest absolute Gasteiger partial charge is 0.490 e. The topological polar surface area (TPSA) is 30.5 Å². The van der Waals surface area contributed by atoms with Crippen molar-refractivity contribution in [3.8, 4) is 11.5 Å². The van der Waals surface area contributed by atoms with Crippen LogP contribution in [0.1, 0.15) is 25.8 Å². The predicted molar refractivity (Wildman–Crippen MR) is 94.9 cm³/mol. The van der Waals surface area contributed by atoms with Crippen LogP contribution >= 0.6 is 15.9 Å². The Bertz CT molecular complexity index is 587. The SMILES string of the molecule is CCCOc1c(Br)cc(CNc2ccccc2)cc1OCC. The average molecular weight is 364 g/mol. The molecule has 0 aliphatic rings. The monoisotopic (exact) mass is 363 g/mol. The highest BCUT2D eigenvalue weighted by Crippen LogP contribution is 2.37. The fraction of sp³-hybridized carbons (Fsp3) is 0.333. The van der Waals surface area contributed by atoms with Crippen molar-refractivity contribution in [3.63, 3.8) is 0 Å². The first-order chi connectivity index (χ1) is 10.7. The lowest BCUT2D eigenvalue weighted by atomic mass is 10.2. The van der Waals surface area contributed by atoms with E-state index in [-0.39, 0.29) is 0 Å². The zero-order valence-corrected chi connectivity index (χ0v) is 14.7. The lowest BCUT2D eigenvalue weighted by Gasteiger charge is -2.15. The van der Waals surface area contributed by atoms with Crippen LogP contribution in [-0.2, 0) is 6.54 Å². The molecule has 0 unspecified atom stereocenters. The first-order valence-corrected chi connectivity index (χ1v) is 8.40. The van der Waals surface area contributed by atoms with Crippen molar-refractivity contribution in [2.24, 2.45) is 0 Å². The van der Waals surface area contributed by atoms with E-state index in [2.05, 4.69) is 46.4 Å². The standard InChI is InChI=1S/C18H22BrNO2/c1-3-10-22-18-16(19)11-14(12-17(18)21-4-2)13-20-15-8-6-5-7-9-15/h5-9,11-12,20H,3-4,10,13H2,1-2H3. The van der Waals surface area contributed by atoms with E-state index in [1.54, 1.807) is 0 Å².